The van der Waals surface area contributed by atoms with E-state index in [0.29, 0.717) is 5.56 Å². The molecule has 0 radical (unpaired) electrons. The first kappa shape index (κ1) is 16.6. The van der Waals surface area contributed by atoms with Gasteiger partial charge < -0.3 is 9.47 Å². The van der Waals surface area contributed by atoms with Gasteiger partial charge in [0.05, 0.1) is 7.11 Å². The highest BCUT2D eigenvalue weighted by molar-refractivity contribution is 6.07. The third-order valence-corrected chi connectivity index (χ3v) is 2.94. The smallest absolute Gasteiger partial charge is 0.387 e. The zero-order valence-electron chi connectivity index (χ0n) is 12.1. The van der Waals surface area contributed by atoms with Crippen molar-refractivity contribution in [3.63, 3.8) is 0 Å². The van der Waals surface area contributed by atoms with E-state index >= 15 is 0 Å². The number of allylic oxidation sites excluding steroid dienone is 1. The Hall–Kier alpha value is -2.76. The second-order valence-corrected chi connectivity index (χ2v) is 4.50. The molecular formula is C17H13F3O3. The molecule has 0 aliphatic heterocycles. The number of benzene rings is 2. The van der Waals surface area contributed by atoms with E-state index in [1.54, 1.807) is 6.07 Å². The van der Waals surface area contributed by atoms with E-state index in [9.17, 15) is 18.0 Å². The Morgan fingerprint density at radius 1 is 1.13 bits per heavy atom. The minimum Gasteiger partial charge on any atom is -0.493 e. The van der Waals surface area contributed by atoms with Crippen LogP contribution in [0.4, 0.5) is 13.2 Å². The Labute approximate surface area is 131 Å². The van der Waals surface area contributed by atoms with E-state index in [2.05, 4.69) is 4.74 Å². The summed E-state index contributed by atoms with van der Waals surface area (Å²) in [6.07, 6.45) is 2.72. The Balaban J connectivity index is 2.19. The van der Waals surface area contributed by atoms with Gasteiger partial charge in [0, 0.05) is 5.56 Å². The standard InChI is InChI=1S/C17H13F3O3/c1-22-16-10-12(6-8-15(16)23-17(19)20)14(21)7-5-11-3-2-4-13(18)9-11/h2-10,17H,1H3. The molecule has 2 rings (SSSR count). The number of carbonyl (C=O) groups is 1. The molecule has 120 valence electrons. The predicted molar refractivity (Wildman–Crippen MR) is 79.4 cm³/mol. The summed E-state index contributed by atoms with van der Waals surface area (Å²) in [4.78, 5) is 12.1. The van der Waals surface area contributed by atoms with E-state index in [4.69, 9.17) is 4.74 Å². The normalized spacial score (nSPS) is 11.0. The summed E-state index contributed by atoms with van der Waals surface area (Å²) in [6.45, 7) is -2.99. The number of hydrogen-bond donors (Lipinski definition) is 0. The number of ketones is 1. The highest BCUT2D eigenvalue weighted by Gasteiger charge is 2.13. The van der Waals surface area contributed by atoms with Gasteiger partial charge >= 0.3 is 6.61 Å². The van der Waals surface area contributed by atoms with Crippen LogP contribution in [0.15, 0.2) is 48.5 Å². The Morgan fingerprint density at radius 2 is 1.91 bits per heavy atom. The fourth-order valence-electron chi connectivity index (χ4n) is 1.89. The van der Waals surface area contributed by atoms with Crippen LogP contribution in [0.2, 0.25) is 0 Å². The molecular weight excluding hydrogens is 309 g/mol. The molecule has 23 heavy (non-hydrogen) atoms. The molecule has 0 N–H and O–H groups in total. The number of rotatable bonds is 6. The second-order valence-electron chi connectivity index (χ2n) is 4.50. The first-order chi connectivity index (χ1) is 11.0. The fraction of sp³-hybridized carbons (Fsp3) is 0.118. The zero-order chi connectivity index (χ0) is 16.8. The van der Waals surface area contributed by atoms with Gasteiger partial charge in [-0.3, -0.25) is 4.79 Å². The molecule has 0 saturated heterocycles. The fourth-order valence-corrected chi connectivity index (χ4v) is 1.89. The SMILES string of the molecule is COc1cc(C(=O)C=Cc2cccc(F)c2)ccc1OC(F)F. The molecule has 2 aromatic rings. The summed E-state index contributed by atoms with van der Waals surface area (Å²) in [5, 5.41) is 0. The molecule has 0 aliphatic rings. The van der Waals surface area contributed by atoms with Crippen molar-refractivity contribution in [2.24, 2.45) is 0 Å². The third kappa shape index (κ3) is 4.60. The van der Waals surface area contributed by atoms with Crippen LogP contribution in [0.1, 0.15) is 15.9 Å². The first-order valence-electron chi connectivity index (χ1n) is 6.60. The van der Waals surface area contributed by atoms with Gasteiger partial charge in [-0.15, -0.1) is 0 Å². The molecule has 3 nitrogen and oxygen atoms in total. The van der Waals surface area contributed by atoms with Gasteiger partial charge in [-0.05, 0) is 42.0 Å². The zero-order valence-corrected chi connectivity index (χ0v) is 12.1. The number of methoxy groups -OCH3 is 1. The molecule has 6 heteroatoms. The van der Waals surface area contributed by atoms with Crippen molar-refractivity contribution in [1.29, 1.82) is 0 Å². The summed E-state index contributed by atoms with van der Waals surface area (Å²) in [6, 6.07) is 9.63. The molecule has 0 unspecified atom stereocenters. The Morgan fingerprint density at radius 3 is 2.57 bits per heavy atom. The number of ether oxygens (including phenoxy) is 2. The first-order valence-corrected chi connectivity index (χ1v) is 6.60. The van der Waals surface area contributed by atoms with E-state index < -0.39 is 12.4 Å². The number of hydrogen-bond acceptors (Lipinski definition) is 3. The number of halogens is 3. The summed E-state index contributed by atoms with van der Waals surface area (Å²) in [7, 11) is 1.28. The molecule has 0 atom stereocenters. The van der Waals surface area contributed by atoms with E-state index in [0.717, 1.165) is 0 Å². The maximum Gasteiger partial charge on any atom is 0.387 e. The molecule has 0 bridgehead atoms. The average Bonchev–Trinajstić information content (AvgIpc) is 2.52. The van der Waals surface area contributed by atoms with Gasteiger partial charge in [-0.1, -0.05) is 18.2 Å². The molecule has 0 aliphatic carbocycles. The maximum atomic E-state index is 13.1. The van der Waals surface area contributed by atoms with Crippen LogP contribution in [-0.4, -0.2) is 19.5 Å². The van der Waals surface area contributed by atoms with Crippen LogP contribution in [-0.2, 0) is 0 Å². The van der Waals surface area contributed by atoms with Crippen molar-refractivity contribution in [1.82, 2.24) is 0 Å². The summed E-state index contributed by atoms with van der Waals surface area (Å²) < 4.78 is 46.8. The van der Waals surface area contributed by atoms with Gasteiger partial charge in [-0.25, -0.2) is 4.39 Å². The minimum atomic E-state index is -2.99. The van der Waals surface area contributed by atoms with Crippen LogP contribution in [0.3, 0.4) is 0 Å². The third-order valence-electron chi connectivity index (χ3n) is 2.94. The van der Waals surface area contributed by atoms with E-state index in [1.807, 2.05) is 0 Å². The van der Waals surface area contributed by atoms with Crippen LogP contribution < -0.4 is 9.47 Å². The lowest BCUT2D eigenvalue weighted by atomic mass is 10.1. The van der Waals surface area contributed by atoms with E-state index in [-0.39, 0.29) is 22.8 Å². The van der Waals surface area contributed by atoms with Crippen LogP contribution in [0.5, 0.6) is 11.5 Å². The molecule has 0 aromatic heterocycles. The minimum absolute atomic E-state index is 0.0234. The van der Waals surface area contributed by atoms with Crippen molar-refractivity contribution in [2.45, 2.75) is 6.61 Å². The number of carbonyl (C=O) groups excluding carboxylic acids is 1. The van der Waals surface area contributed by atoms with Crippen molar-refractivity contribution in [3.05, 3.63) is 65.5 Å². The van der Waals surface area contributed by atoms with E-state index in [1.165, 1.54) is 55.7 Å². The van der Waals surface area contributed by atoms with Gasteiger partial charge in [-0.2, -0.15) is 8.78 Å². The van der Waals surface area contributed by atoms with Crippen LogP contribution in [0.25, 0.3) is 6.08 Å². The molecule has 0 amide bonds. The lowest BCUT2D eigenvalue weighted by molar-refractivity contribution is -0.0512. The summed E-state index contributed by atoms with van der Waals surface area (Å²) in [5.41, 5.74) is 0.763. The number of alkyl halides is 2. The lowest BCUT2D eigenvalue weighted by Gasteiger charge is -2.10. The molecule has 0 heterocycles. The van der Waals surface area contributed by atoms with Gasteiger partial charge in [0.15, 0.2) is 17.3 Å². The summed E-state index contributed by atoms with van der Waals surface area (Å²) in [5.74, 6) is -0.922. The molecule has 0 spiro atoms. The molecule has 0 fully saturated rings. The maximum absolute atomic E-state index is 13.1. The van der Waals surface area contributed by atoms with Crippen LogP contribution in [0, 0.1) is 5.82 Å². The van der Waals surface area contributed by atoms with Crippen molar-refractivity contribution < 1.29 is 27.4 Å². The molecule has 2 aromatic carbocycles. The van der Waals surface area contributed by atoms with Crippen molar-refractivity contribution >= 4 is 11.9 Å². The molecule has 0 saturated carbocycles. The Kier molecular flexibility index (Phi) is 5.41. The highest BCUT2D eigenvalue weighted by Crippen LogP contribution is 2.29. The van der Waals surface area contributed by atoms with Crippen LogP contribution >= 0.6 is 0 Å². The Bertz CT molecular complexity index is 727. The monoisotopic (exact) mass is 322 g/mol. The van der Waals surface area contributed by atoms with Gasteiger partial charge in [0.1, 0.15) is 5.82 Å². The largest absolute Gasteiger partial charge is 0.493 e. The lowest BCUT2D eigenvalue weighted by Crippen LogP contribution is -2.04. The van der Waals surface area contributed by atoms with Crippen molar-refractivity contribution in [2.75, 3.05) is 7.11 Å². The quantitative estimate of drug-likeness (QED) is 0.586. The second kappa shape index (κ2) is 7.49. The van der Waals surface area contributed by atoms with Gasteiger partial charge in [0.25, 0.3) is 0 Å². The average molecular weight is 322 g/mol. The predicted octanol–water partition coefficient (Wildman–Crippen LogP) is 4.33. The highest BCUT2D eigenvalue weighted by atomic mass is 19.3. The topological polar surface area (TPSA) is 35.5 Å². The van der Waals surface area contributed by atoms with Gasteiger partial charge in [0.2, 0.25) is 0 Å². The van der Waals surface area contributed by atoms with Crippen molar-refractivity contribution in [3.8, 4) is 11.5 Å². The summed E-state index contributed by atoms with van der Waals surface area (Å²) >= 11 is 0.